The number of hydrogen-bond donors (Lipinski definition) is 1. The summed E-state index contributed by atoms with van der Waals surface area (Å²) in [5, 5.41) is 7.89. The van der Waals surface area contributed by atoms with Crippen molar-refractivity contribution in [2.45, 2.75) is 19.9 Å². The number of rotatable bonds is 7. The Labute approximate surface area is 177 Å². The van der Waals surface area contributed by atoms with Crippen molar-refractivity contribution in [3.63, 3.8) is 0 Å². The van der Waals surface area contributed by atoms with Crippen LogP contribution < -0.4 is 15.6 Å². The van der Waals surface area contributed by atoms with Gasteiger partial charge in [0.25, 0.3) is 11.5 Å². The monoisotopic (exact) mass is 429 g/mol. The number of nitrogens with zero attached hydrogens (tertiary/aromatic N) is 2. The molecule has 1 aromatic heterocycles. The number of carbonyl (C=O) groups is 2. The number of amides is 1. The van der Waals surface area contributed by atoms with Crippen LogP contribution in [-0.2, 0) is 16.1 Å². The summed E-state index contributed by atoms with van der Waals surface area (Å²) in [6, 6.07) is 11.4. The number of halogens is 1. The van der Waals surface area contributed by atoms with Crippen LogP contribution in [0, 0.1) is 0 Å². The first-order valence-electron chi connectivity index (χ1n) is 9.25. The molecule has 9 heteroatoms. The molecule has 0 aliphatic heterocycles. The van der Waals surface area contributed by atoms with Gasteiger partial charge in [0.2, 0.25) is 0 Å². The molecule has 8 nitrogen and oxygen atoms in total. The van der Waals surface area contributed by atoms with Crippen LogP contribution in [0.5, 0.6) is 5.75 Å². The lowest BCUT2D eigenvalue weighted by Gasteiger charge is -2.12. The third kappa shape index (κ3) is 4.60. The summed E-state index contributed by atoms with van der Waals surface area (Å²) in [6.45, 7) is 1.71. The van der Waals surface area contributed by atoms with Crippen LogP contribution in [0.15, 0.2) is 47.3 Å². The Morgan fingerprint density at radius 3 is 2.60 bits per heavy atom. The summed E-state index contributed by atoms with van der Waals surface area (Å²) >= 11 is 5.95. The molecule has 156 valence electrons. The number of aromatic nitrogens is 2. The Bertz CT molecular complexity index is 1160. The molecule has 0 unspecified atom stereocenters. The topological polar surface area (TPSA) is 99.5 Å². The standard InChI is InChI=1S/C21H20ClN3O5/c1-3-10-25-20(27)15-7-5-4-6-14(15)19(24-25)21(28)30-12-18(26)23-16-11-13(22)8-9-17(16)29-2/h4-9,11H,3,10,12H2,1-2H3,(H,23,26). The number of aryl methyl sites for hydroxylation is 1. The zero-order chi connectivity index (χ0) is 21.7. The van der Waals surface area contributed by atoms with Crippen molar-refractivity contribution >= 4 is 39.9 Å². The summed E-state index contributed by atoms with van der Waals surface area (Å²) < 4.78 is 11.5. The first kappa shape index (κ1) is 21.3. The van der Waals surface area contributed by atoms with Crippen LogP contribution in [0.3, 0.4) is 0 Å². The molecule has 0 fully saturated rings. The van der Waals surface area contributed by atoms with Gasteiger partial charge in [-0.15, -0.1) is 0 Å². The summed E-state index contributed by atoms with van der Waals surface area (Å²) in [5.41, 5.74) is 0.0488. The highest BCUT2D eigenvalue weighted by molar-refractivity contribution is 6.31. The molecular weight excluding hydrogens is 410 g/mol. The van der Waals surface area contributed by atoms with E-state index in [9.17, 15) is 14.4 Å². The van der Waals surface area contributed by atoms with Crippen molar-refractivity contribution in [1.29, 1.82) is 0 Å². The maximum atomic E-state index is 12.6. The number of hydrogen-bond acceptors (Lipinski definition) is 6. The molecule has 2 aromatic carbocycles. The lowest BCUT2D eigenvalue weighted by molar-refractivity contribution is -0.119. The zero-order valence-electron chi connectivity index (χ0n) is 16.5. The Morgan fingerprint density at radius 2 is 1.90 bits per heavy atom. The SMILES string of the molecule is CCCn1nc(C(=O)OCC(=O)Nc2cc(Cl)ccc2OC)c2ccccc2c1=O. The van der Waals surface area contributed by atoms with Crippen LogP contribution in [0.1, 0.15) is 23.8 Å². The van der Waals surface area contributed by atoms with Crippen LogP contribution in [0.25, 0.3) is 10.8 Å². The number of methoxy groups -OCH3 is 1. The van der Waals surface area contributed by atoms with E-state index in [0.29, 0.717) is 40.2 Å². The summed E-state index contributed by atoms with van der Waals surface area (Å²) in [4.78, 5) is 37.4. The molecule has 0 bridgehead atoms. The van der Waals surface area contributed by atoms with E-state index in [1.54, 1.807) is 36.4 Å². The van der Waals surface area contributed by atoms with E-state index in [2.05, 4.69) is 10.4 Å². The van der Waals surface area contributed by atoms with E-state index >= 15 is 0 Å². The predicted octanol–water partition coefficient (Wildman–Crippen LogP) is 3.26. The highest BCUT2D eigenvalue weighted by atomic mass is 35.5. The molecular formula is C21H20ClN3O5. The lowest BCUT2D eigenvalue weighted by atomic mass is 10.1. The highest BCUT2D eigenvalue weighted by Gasteiger charge is 2.19. The minimum Gasteiger partial charge on any atom is -0.495 e. The van der Waals surface area contributed by atoms with Crippen molar-refractivity contribution in [2.24, 2.45) is 0 Å². The smallest absolute Gasteiger partial charge is 0.359 e. The van der Waals surface area contributed by atoms with Gasteiger partial charge in [-0.2, -0.15) is 5.10 Å². The van der Waals surface area contributed by atoms with Crippen LogP contribution >= 0.6 is 11.6 Å². The molecule has 0 saturated carbocycles. The van der Waals surface area contributed by atoms with Crippen molar-refractivity contribution in [2.75, 3.05) is 19.0 Å². The van der Waals surface area contributed by atoms with E-state index in [4.69, 9.17) is 21.1 Å². The minimum atomic E-state index is -0.802. The lowest BCUT2D eigenvalue weighted by Crippen LogP contribution is -2.27. The van der Waals surface area contributed by atoms with Crippen molar-refractivity contribution < 1.29 is 19.1 Å². The fraction of sp³-hybridized carbons (Fsp3) is 0.238. The second-order valence-electron chi connectivity index (χ2n) is 6.39. The molecule has 1 amide bonds. The summed E-state index contributed by atoms with van der Waals surface area (Å²) in [5.74, 6) is -0.960. The molecule has 0 aliphatic carbocycles. The van der Waals surface area contributed by atoms with Crippen molar-refractivity contribution in [1.82, 2.24) is 9.78 Å². The molecule has 0 saturated heterocycles. The summed E-state index contributed by atoms with van der Waals surface area (Å²) in [6.07, 6.45) is 0.670. The van der Waals surface area contributed by atoms with Gasteiger partial charge in [-0.25, -0.2) is 9.48 Å². The third-order valence-corrected chi connectivity index (χ3v) is 4.50. The summed E-state index contributed by atoms with van der Waals surface area (Å²) in [7, 11) is 1.46. The number of anilines is 1. The Balaban J connectivity index is 1.79. The van der Waals surface area contributed by atoms with E-state index in [0.717, 1.165) is 0 Å². The van der Waals surface area contributed by atoms with Gasteiger partial charge >= 0.3 is 5.97 Å². The fourth-order valence-corrected chi connectivity index (χ4v) is 3.08. The quantitative estimate of drug-likeness (QED) is 0.578. The fourth-order valence-electron chi connectivity index (χ4n) is 2.91. The number of carbonyl (C=O) groups excluding carboxylic acids is 2. The molecule has 1 N–H and O–H groups in total. The normalized spacial score (nSPS) is 10.6. The highest BCUT2D eigenvalue weighted by Crippen LogP contribution is 2.27. The minimum absolute atomic E-state index is 0.0215. The maximum Gasteiger partial charge on any atom is 0.359 e. The van der Waals surface area contributed by atoms with Crippen molar-refractivity contribution in [3.05, 3.63) is 63.5 Å². The van der Waals surface area contributed by atoms with Gasteiger partial charge in [-0.1, -0.05) is 36.7 Å². The van der Waals surface area contributed by atoms with E-state index in [1.165, 1.54) is 17.9 Å². The number of benzene rings is 2. The molecule has 0 aliphatic rings. The van der Waals surface area contributed by atoms with Gasteiger partial charge in [0, 0.05) is 17.0 Å². The van der Waals surface area contributed by atoms with E-state index in [-0.39, 0.29) is 11.3 Å². The third-order valence-electron chi connectivity index (χ3n) is 4.27. The first-order valence-corrected chi connectivity index (χ1v) is 9.62. The number of nitrogens with one attached hydrogen (secondary N) is 1. The average Bonchev–Trinajstić information content (AvgIpc) is 2.74. The zero-order valence-corrected chi connectivity index (χ0v) is 17.2. The van der Waals surface area contributed by atoms with Crippen LogP contribution in [-0.4, -0.2) is 35.4 Å². The molecule has 3 aromatic rings. The van der Waals surface area contributed by atoms with Gasteiger partial charge in [0.05, 0.1) is 18.2 Å². The van der Waals surface area contributed by atoms with Crippen molar-refractivity contribution in [3.8, 4) is 5.75 Å². The molecule has 0 radical (unpaired) electrons. The number of ether oxygens (including phenoxy) is 2. The van der Waals surface area contributed by atoms with Gasteiger partial charge < -0.3 is 14.8 Å². The van der Waals surface area contributed by atoms with E-state index in [1.807, 2.05) is 6.92 Å². The molecule has 3 rings (SSSR count). The number of esters is 1. The average molecular weight is 430 g/mol. The molecule has 30 heavy (non-hydrogen) atoms. The van der Waals surface area contributed by atoms with Crippen LogP contribution in [0.4, 0.5) is 5.69 Å². The Kier molecular flexibility index (Phi) is 6.68. The van der Waals surface area contributed by atoms with Crippen LogP contribution in [0.2, 0.25) is 5.02 Å². The first-order chi connectivity index (χ1) is 14.4. The van der Waals surface area contributed by atoms with Gasteiger partial charge in [0.1, 0.15) is 5.75 Å². The Morgan fingerprint density at radius 1 is 1.17 bits per heavy atom. The van der Waals surface area contributed by atoms with Gasteiger partial charge in [0.15, 0.2) is 12.3 Å². The molecule has 0 atom stereocenters. The maximum absolute atomic E-state index is 12.6. The predicted molar refractivity (Wildman–Crippen MR) is 113 cm³/mol. The van der Waals surface area contributed by atoms with E-state index < -0.39 is 18.5 Å². The van der Waals surface area contributed by atoms with Gasteiger partial charge in [-0.3, -0.25) is 9.59 Å². The largest absolute Gasteiger partial charge is 0.495 e. The second-order valence-corrected chi connectivity index (χ2v) is 6.83. The number of fused-ring (bicyclic) bond motifs is 1. The molecule has 0 spiro atoms. The van der Waals surface area contributed by atoms with Gasteiger partial charge in [-0.05, 0) is 30.7 Å². The second kappa shape index (κ2) is 9.41. The Hall–Kier alpha value is -3.39. The molecule has 1 heterocycles.